The van der Waals surface area contributed by atoms with E-state index < -0.39 is 0 Å². The van der Waals surface area contributed by atoms with Gasteiger partial charge in [0.25, 0.3) is 0 Å². The first-order valence-corrected chi connectivity index (χ1v) is 7.13. The summed E-state index contributed by atoms with van der Waals surface area (Å²) in [7, 11) is 0. The summed E-state index contributed by atoms with van der Waals surface area (Å²) >= 11 is 6.28. The lowest BCUT2D eigenvalue weighted by Crippen LogP contribution is -2.11. The Hall–Kier alpha value is -1.77. The van der Waals surface area contributed by atoms with Crippen molar-refractivity contribution in [2.75, 3.05) is 6.54 Å². The van der Waals surface area contributed by atoms with E-state index in [-0.39, 0.29) is 0 Å². The molecule has 3 heteroatoms. The normalized spacial score (nSPS) is 11.1. The van der Waals surface area contributed by atoms with Crippen LogP contribution in [0.3, 0.4) is 0 Å². The largest absolute Gasteiger partial charge is 0.467 e. The zero-order chi connectivity index (χ0) is 13.9. The van der Waals surface area contributed by atoms with E-state index >= 15 is 0 Å². The van der Waals surface area contributed by atoms with Gasteiger partial charge in [-0.05, 0) is 29.6 Å². The Bertz CT molecular complexity index is 733. The maximum Gasteiger partial charge on any atom is 0.125 e. The van der Waals surface area contributed by atoms with E-state index in [9.17, 15) is 0 Å². The quantitative estimate of drug-likeness (QED) is 0.740. The lowest BCUT2D eigenvalue weighted by molar-refractivity contribution is 0.489. The lowest BCUT2D eigenvalue weighted by atomic mass is 9.98. The highest BCUT2D eigenvalue weighted by molar-refractivity contribution is 6.36. The van der Waals surface area contributed by atoms with Crippen LogP contribution in [0.25, 0.3) is 21.9 Å². The highest BCUT2D eigenvalue weighted by Gasteiger charge is 2.12. The van der Waals surface area contributed by atoms with Crippen molar-refractivity contribution in [1.82, 2.24) is 5.32 Å². The molecule has 0 aliphatic rings. The number of hydrogen-bond acceptors (Lipinski definition) is 2. The molecule has 0 fully saturated rings. The number of halogens is 1. The van der Waals surface area contributed by atoms with Gasteiger partial charge in [0, 0.05) is 16.0 Å². The third-order valence-corrected chi connectivity index (χ3v) is 3.77. The molecule has 0 radical (unpaired) electrons. The van der Waals surface area contributed by atoms with Crippen LogP contribution in [-0.4, -0.2) is 6.54 Å². The van der Waals surface area contributed by atoms with Gasteiger partial charge in [-0.1, -0.05) is 48.9 Å². The van der Waals surface area contributed by atoms with E-state index in [1.165, 1.54) is 0 Å². The van der Waals surface area contributed by atoms with Gasteiger partial charge in [0.05, 0.1) is 12.8 Å². The first-order chi connectivity index (χ1) is 9.81. The van der Waals surface area contributed by atoms with Crippen LogP contribution in [-0.2, 0) is 6.54 Å². The minimum atomic E-state index is 0.732. The van der Waals surface area contributed by atoms with E-state index in [1.54, 1.807) is 6.26 Å². The molecule has 2 aromatic carbocycles. The van der Waals surface area contributed by atoms with Crippen LogP contribution in [0.1, 0.15) is 12.7 Å². The number of fused-ring (bicyclic) bond motifs is 1. The molecule has 0 spiro atoms. The average molecular weight is 286 g/mol. The average Bonchev–Trinajstić information content (AvgIpc) is 2.94. The van der Waals surface area contributed by atoms with Crippen molar-refractivity contribution in [2.45, 2.75) is 13.5 Å². The summed E-state index contributed by atoms with van der Waals surface area (Å²) in [5.74, 6) is 0.958. The van der Waals surface area contributed by atoms with E-state index in [0.717, 1.165) is 45.8 Å². The van der Waals surface area contributed by atoms with Crippen molar-refractivity contribution in [3.63, 3.8) is 0 Å². The fourth-order valence-electron chi connectivity index (χ4n) is 2.45. The summed E-state index contributed by atoms with van der Waals surface area (Å²) in [6.07, 6.45) is 1.74. The van der Waals surface area contributed by atoms with E-state index in [0.29, 0.717) is 0 Å². The minimum absolute atomic E-state index is 0.732. The molecule has 3 aromatic rings. The first-order valence-electron chi connectivity index (χ1n) is 6.76. The van der Waals surface area contributed by atoms with Crippen molar-refractivity contribution >= 4 is 22.4 Å². The van der Waals surface area contributed by atoms with Crippen LogP contribution in [0.15, 0.2) is 53.1 Å². The molecule has 0 saturated heterocycles. The number of furan rings is 1. The summed E-state index contributed by atoms with van der Waals surface area (Å²) in [4.78, 5) is 0. The van der Waals surface area contributed by atoms with Crippen LogP contribution >= 0.6 is 11.6 Å². The number of nitrogens with one attached hydrogen (secondary N) is 1. The fraction of sp³-hybridized carbons (Fsp3) is 0.176. The molecule has 1 N–H and O–H groups in total. The minimum Gasteiger partial charge on any atom is -0.467 e. The Balaban J connectivity index is 2.15. The van der Waals surface area contributed by atoms with Crippen molar-refractivity contribution in [3.8, 4) is 11.1 Å². The molecule has 0 aliphatic carbocycles. The van der Waals surface area contributed by atoms with Gasteiger partial charge in [0.15, 0.2) is 0 Å². The third kappa shape index (κ3) is 2.33. The number of hydrogen-bond donors (Lipinski definition) is 1. The second-order valence-corrected chi connectivity index (χ2v) is 5.09. The molecule has 0 amide bonds. The molecule has 102 valence electrons. The molecular formula is C17H16ClNO. The van der Waals surface area contributed by atoms with E-state index in [1.807, 2.05) is 30.3 Å². The highest BCUT2D eigenvalue weighted by Crippen LogP contribution is 2.35. The van der Waals surface area contributed by atoms with Gasteiger partial charge >= 0.3 is 0 Å². The van der Waals surface area contributed by atoms with Gasteiger partial charge < -0.3 is 9.73 Å². The first kappa shape index (κ1) is 13.2. The number of rotatable bonds is 4. The van der Waals surface area contributed by atoms with Crippen LogP contribution in [0, 0.1) is 0 Å². The van der Waals surface area contributed by atoms with Crippen LogP contribution in [0.5, 0.6) is 0 Å². The van der Waals surface area contributed by atoms with Crippen LogP contribution in [0.4, 0.5) is 0 Å². The summed E-state index contributed by atoms with van der Waals surface area (Å²) in [6, 6.07) is 14.2. The Kier molecular flexibility index (Phi) is 3.77. The molecule has 0 bridgehead atoms. The topological polar surface area (TPSA) is 25.2 Å². The number of benzene rings is 2. The maximum absolute atomic E-state index is 6.28. The zero-order valence-electron chi connectivity index (χ0n) is 11.3. The van der Waals surface area contributed by atoms with Gasteiger partial charge in [0.2, 0.25) is 0 Å². The summed E-state index contributed by atoms with van der Waals surface area (Å²) in [5.41, 5.74) is 2.28. The Morgan fingerprint density at radius 2 is 1.80 bits per heavy atom. The second-order valence-electron chi connectivity index (χ2n) is 4.68. The SMILES string of the molecule is CCNCc1occc1-c1ccc(Cl)c2ccccc12. The summed E-state index contributed by atoms with van der Waals surface area (Å²) < 4.78 is 5.60. The molecule has 3 rings (SSSR count). The van der Waals surface area contributed by atoms with Crippen molar-refractivity contribution in [2.24, 2.45) is 0 Å². The third-order valence-electron chi connectivity index (χ3n) is 3.44. The van der Waals surface area contributed by atoms with Crippen molar-refractivity contribution in [3.05, 3.63) is 59.5 Å². The van der Waals surface area contributed by atoms with Gasteiger partial charge in [-0.3, -0.25) is 0 Å². The van der Waals surface area contributed by atoms with Crippen molar-refractivity contribution < 1.29 is 4.42 Å². The molecule has 0 unspecified atom stereocenters. The predicted octanol–water partition coefficient (Wildman–Crippen LogP) is 4.86. The Morgan fingerprint density at radius 3 is 2.60 bits per heavy atom. The standard InChI is InChI=1S/C17H16ClNO/c1-2-19-11-17-15(9-10-20-17)13-7-8-16(18)14-6-4-3-5-12(13)14/h3-10,19H,2,11H2,1H3. The van der Waals surface area contributed by atoms with Crippen molar-refractivity contribution in [1.29, 1.82) is 0 Å². The van der Waals surface area contributed by atoms with Gasteiger partial charge in [-0.2, -0.15) is 0 Å². The zero-order valence-corrected chi connectivity index (χ0v) is 12.1. The molecule has 0 saturated carbocycles. The molecule has 1 heterocycles. The molecule has 0 atom stereocenters. The van der Waals surface area contributed by atoms with Gasteiger partial charge in [-0.25, -0.2) is 0 Å². The van der Waals surface area contributed by atoms with E-state index in [4.69, 9.17) is 16.0 Å². The molecule has 20 heavy (non-hydrogen) atoms. The molecular weight excluding hydrogens is 270 g/mol. The smallest absolute Gasteiger partial charge is 0.125 e. The molecule has 0 aliphatic heterocycles. The highest BCUT2D eigenvalue weighted by atomic mass is 35.5. The summed E-state index contributed by atoms with van der Waals surface area (Å²) in [5, 5.41) is 6.30. The molecule has 2 nitrogen and oxygen atoms in total. The maximum atomic E-state index is 6.28. The van der Waals surface area contributed by atoms with Crippen LogP contribution < -0.4 is 5.32 Å². The predicted molar refractivity (Wildman–Crippen MR) is 84.0 cm³/mol. The Morgan fingerprint density at radius 1 is 1.00 bits per heavy atom. The fourth-order valence-corrected chi connectivity index (χ4v) is 2.68. The summed E-state index contributed by atoms with van der Waals surface area (Å²) in [6.45, 7) is 3.73. The monoisotopic (exact) mass is 285 g/mol. The van der Waals surface area contributed by atoms with Gasteiger partial charge in [-0.15, -0.1) is 0 Å². The lowest BCUT2D eigenvalue weighted by Gasteiger charge is -2.09. The molecule has 1 aromatic heterocycles. The van der Waals surface area contributed by atoms with Crippen LogP contribution in [0.2, 0.25) is 5.02 Å². The Labute approximate surface area is 123 Å². The van der Waals surface area contributed by atoms with E-state index in [2.05, 4.69) is 24.4 Å². The van der Waals surface area contributed by atoms with Gasteiger partial charge in [0.1, 0.15) is 5.76 Å². The second kappa shape index (κ2) is 5.70.